The van der Waals surface area contributed by atoms with Gasteiger partial charge in [-0.05, 0) is 18.8 Å². The van der Waals surface area contributed by atoms with Crippen molar-refractivity contribution in [3.63, 3.8) is 0 Å². The molecule has 2 aliphatic rings. The Bertz CT molecular complexity index is 396. The van der Waals surface area contributed by atoms with Gasteiger partial charge < -0.3 is 21.3 Å². The molecule has 0 aromatic rings. The summed E-state index contributed by atoms with van der Waals surface area (Å²) in [4.78, 5) is 33.0. The third-order valence-corrected chi connectivity index (χ3v) is 3.76. The van der Waals surface area contributed by atoms with Crippen molar-refractivity contribution in [2.75, 3.05) is 6.54 Å². The van der Waals surface area contributed by atoms with Crippen molar-refractivity contribution in [3.05, 3.63) is 0 Å². The Kier molecular flexibility index (Phi) is 2.57. The van der Waals surface area contributed by atoms with Crippen molar-refractivity contribution in [2.45, 2.75) is 18.4 Å². The molecule has 0 spiro atoms. The topological polar surface area (TPSA) is 130 Å². The standard InChI is InChI=1S/C10H14N2O5/c11-10(9(17)12-3-5(13)14)2-1-4-6(7(4)10)8(15)16/h4,6-7H,1-3,11H2,(H,12,17)(H,13,14)(H,15,16)/t4-,6-,7-,10-/m0/s1. The molecule has 2 saturated carbocycles. The Labute approximate surface area is 97.0 Å². The van der Waals surface area contributed by atoms with Crippen LogP contribution in [-0.4, -0.2) is 40.1 Å². The van der Waals surface area contributed by atoms with E-state index in [4.69, 9.17) is 15.9 Å². The van der Waals surface area contributed by atoms with Crippen LogP contribution in [0.25, 0.3) is 0 Å². The molecular formula is C10H14N2O5. The zero-order chi connectivity index (χ0) is 12.8. The lowest BCUT2D eigenvalue weighted by Crippen LogP contribution is -2.56. The van der Waals surface area contributed by atoms with Crippen LogP contribution >= 0.6 is 0 Å². The third-order valence-electron chi connectivity index (χ3n) is 3.76. The number of carbonyl (C=O) groups excluding carboxylic acids is 1. The van der Waals surface area contributed by atoms with Crippen molar-refractivity contribution in [1.29, 1.82) is 0 Å². The Morgan fingerprint density at radius 2 is 2.00 bits per heavy atom. The van der Waals surface area contributed by atoms with Crippen LogP contribution in [0, 0.1) is 17.8 Å². The van der Waals surface area contributed by atoms with E-state index < -0.39 is 35.8 Å². The summed E-state index contributed by atoms with van der Waals surface area (Å²) in [5.74, 6) is -3.58. The van der Waals surface area contributed by atoms with E-state index in [0.29, 0.717) is 12.8 Å². The second-order valence-electron chi connectivity index (χ2n) is 4.71. The molecule has 0 aromatic heterocycles. The summed E-state index contributed by atoms with van der Waals surface area (Å²) in [5.41, 5.74) is 4.71. The molecule has 0 saturated heterocycles. The second kappa shape index (κ2) is 3.69. The van der Waals surface area contributed by atoms with Gasteiger partial charge in [0.05, 0.1) is 11.5 Å². The summed E-state index contributed by atoms with van der Waals surface area (Å²) in [5, 5.41) is 19.6. The molecule has 17 heavy (non-hydrogen) atoms. The first-order chi connectivity index (χ1) is 7.88. The van der Waals surface area contributed by atoms with Crippen LogP contribution in [0.1, 0.15) is 12.8 Å². The molecule has 4 atom stereocenters. The van der Waals surface area contributed by atoms with Gasteiger partial charge in [0.2, 0.25) is 5.91 Å². The normalized spacial score (nSPS) is 38.3. The molecule has 94 valence electrons. The SMILES string of the molecule is N[C@@]1(C(=O)NCC(=O)O)CC[C@H]2[C@H](C(=O)O)[C@H]21. The van der Waals surface area contributed by atoms with E-state index in [9.17, 15) is 14.4 Å². The fraction of sp³-hybridized carbons (Fsp3) is 0.700. The van der Waals surface area contributed by atoms with Crippen molar-refractivity contribution >= 4 is 17.8 Å². The van der Waals surface area contributed by atoms with Crippen molar-refractivity contribution in [2.24, 2.45) is 23.5 Å². The minimum Gasteiger partial charge on any atom is -0.481 e. The fourth-order valence-corrected chi connectivity index (χ4v) is 2.93. The number of rotatable bonds is 4. The number of hydrogen-bond acceptors (Lipinski definition) is 4. The monoisotopic (exact) mass is 242 g/mol. The number of carbonyl (C=O) groups is 3. The van der Waals surface area contributed by atoms with E-state index >= 15 is 0 Å². The first kappa shape index (κ1) is 11.8. The van der Waals surface area contributed by atoms with Gasteiger partial charge in [-0.3, -0.25) is 14.4 Å². The molecular weight excluding hydrogens is 228 g/mol. The lowest BCUT2D eigenvalue weighted by Gasteiger charge is -2.25. The lowest BCUT2D eigenvalue weighted by molar-refractivity contribution is -0.141. The van der Waals surface area contributed by atoms with Crippen LogP contribution in [0.15, 0.2) is 0 Å². The summed E-state index contributed by atoms with van der Waals surface area (Å²) in [7, 11) is 0. The van der Waals surface area contributed by atoms with Gasteiger partial charge in [0, 0.05) is 5.92 Å². The highest BCUT2D eigenvalue weighted by atomic mass is 16.4. The summed E-state index contributed by atoms with van der Waals surface area (Å²) in [6, 6.07) is 0. The Morgan fingerprint density at radius 1 is 1.35 bits per heavy atom. The van der Waals surface area contributed by atoms with E-state index in [1.807, 2.05) is 0 Å². The molecule has 7 nitrogen and oxygen atoms in total. The lowest BCUT2D eigenvalue weighted by atomic mass is 9.90. The predicted octanol–water partition coefficient (Wildman–Crippen LogP) is -1.37. The van der Waals surface area contributed by atoms with Gasteiger partial charge >= 0.3 is 11.9 Å². The van der Waals surface area contributed by atoms with E-state index in [1.54, 1.807) is 0 Å². The summed E-state index contributed by atoms with van der Waals surface area (Å²) >= 11 is 0. The van der Waals surface area contributed by atoms with Gasteiger partial charge in [-0.1, -0.05) is 0 Å². The summed E-state index contributed by atoms with van der Waals surface area (Å²) in [6.45, 7) is -0.493. The largest absolute Gasteiger partial charge is 0.481 e. The van der Waals surface area contributed by atoms with Crippen LogP contribution in [0.4, 0.5) is 0 Å². The van der Waals surface area contributed by atoms with Gasteiger partial charge in [-0.25, -0.2) is 0 Å². The molecule has 2 rings (SSSR count). The van der Waals surface area contributed by atoms with Crippen LogP contribution in [0.2, 0.25) is 0 Å². The Hall–Kier alpha value is -1.63. The highest BCUT2D eigenvalue weighted by Crippen LogP contribution is 2.61. The molecule has 2 fully saturated rings. The highest BCUT2D eigenvalue weighted by molar-refractivity contribution is 5.91. The molecule has 1 amide bonds. The average Bonchev–Trinajstić information content (AvgIpc) is 2.89. The van der Waals surface area contributed by atoms with Gasteiger partial charge in [0.15, 0.2) is 0 Å². The number of amides is 1. The molecule has 0 unspecified atom stereocenters. The molecule has 7 heteroatoms. The number of nitrogens with one attached hydrogen (secondary N) is 1. The quantitative estimate of drug-likeness (QED) is 0.481. The summed E-state index contributed by atoms with van der Waals surface area (Å²) < 4.78 is 0. The van der Waals surface area contributed by atoms with Crippen LogP contribution in [-0.2, 0) is 14.4 Å². The molecule has 0 aromatic carbocycles. The molecule has 5 N–H and O–H groups in total. The van der Waals surface area contributed by atoms with E-state index in [-0.39, 0.29) is 11.8 Å². The molecule has 0 bridgehead atoms. The fourth-order valence-electron chi connectivity index (χ4n) is 2.93. The Morgan fingerprint density at radius 3 is 2.47 bits per heavy atom. The number of aliphatic carboxylic acids is 2. The molecule has 2 aliphatic carbocycles. The van der Waals surface area contributed by atoms with Crippen molar-refractivity contribution in [3.8, 4) is 0 Å². The maximum Gasteiger partial charge on any atom is 0.322 e. The third kappa shape index (κ3) is 1.76. The number of nitrogens with two attached hydrogens (primary N) is 1. The van der Waals surface area contributed by atoms with Gasteiger partial charge in [-0.15, -0.1) is 0 Å². The van der Waals surface area contributed by atoms with E-state index in [1.165, 1.54) is 0 Å². The maximum absolute atomic E-state index is 11.8. The predicted molar refractivity (Wildman–Crippen MR) is 54.9 cm³/mol. The molecule has 0 radical (unpaired) electrons. The number of carboxylic acid groups (broad SMARTS) is 2. The van der Waals surface area contributed by atoms with Gasteiger partial charge in [-0.2, -0.15) is 0 Å². The first-order valence-corrected chi connectivity index (χ1v) is 5.39. The maximum atomic E-state index is 11.8. The number of carboxylic acids is 2. The second-order valence-corrected chi connectivity index (χ2v) is 4.71. The Balaban J connectivity index is 2.02. The van der Waals surface area contributed by atoms with Crippen LogP contribution < -0.4 is 11.1 Å². The molecule has 0 aliphatic heterocycles. The first-order valence-electron chi connectivity index (χ1n) is 5.39. The van der Waals surface area contributed by atoms with Crippen LogP contribution in [0.3, 0.4) is 0 Å². The van der Waals surface area contributed by atoms with Crippen molar-refractivity contribution in [1.82, 2.24) is 5.32 Å². The summed E-state index contributed by atoms with van der Waals surface area (Å²) in [6.07, 6.45) is 1.02. The van der Waals surface area contributed by atoms with E-state index in [2.05, 4.69) is 5.32 Å². The molecule has 0 heterocycles. The number of hydrogen-bond donors (Lipinski definition) is 4. The van der Waals surface area contributed by atoms with Crippen LogP contribution in [0.5, 0.6) is 0 Å². The average molecular weight is 242 g/mol. The van der Waals surface area contributed by atoms with E-state index in [0.717, 1.165) is 0 Å². The zero-order valence-electron chi connectivity index (χ0n) is 9.05. The highest BCUT2D eigenvalue weighted by Gasteiger charge is 2.69. The number of fused-ring (bicyclic) bond motifs is 1. The van der Waals surface area contributed by atoms with Gasteiger partial charge in [0.1, 0.15) is 6.54 Å². The zero-order valence-corrected chi connectivity index (χ0v) is 9.05. The minimum absolute atomic E-state index is 0.0342. The van der Waals surface area contributed by atoms with Gasteiger partial charge in [0.25, 0.3) is 0 Å². The van der Waals surface area contributed by atoms with Crippen molar-refractivity contribution < 1.29 is 24.6 Å². The minimum atomic E-state index is -1.22. The smallest absolute Gasteiger partial charge is 0.322 e.